The molecule has 1 N–H and O–H groups in total. The minimum Gasteiger partial charge on any atom is -0.346 e. The van der Waals surface area contributed by atoms with Crippen molar-refractivity contribution in [2.45, 2.75) is 0 Å². The number of nitrogens with one attached hydrogen (secondary N) is 1. The molecule has 0 radical (unpaired) electrons. The van der Waals surface area contributed by atoms with E-state index < -0.39 is 16.4 Å². The predicted molar refractivity (Wildman–Crippen MR) is 79.2 cm³/mol. The lowest BCUT2D eigenvalue weighted by molar-refractivity contribution is -0.387. The van der Waals surface area contributed by atoms with Gasteiger partial charge in [0.1, 0.15) is 0 Å². The van der Waals surface area contributed by atoms with E-state index in [1.54, 1.807) is 0 Å². The third-order valence-corrected chi connectivity index (χ3v) is 4.22. The lowest BCUT2D eigenvalue weighted by atomic mass is 10.1. The van der Waals surface area contributed by atoms with Gasteiger partial charge in [0.15, 0.2) is 5.13 Å². The van der Waals surface area contributed by atoms with E-state index in [1.807, 2.05) is 5.38 Å². The van der Waals surface area contributed by atoms with Gasteiger partial charge < -0.3 is 10.2 Å². The number of hydrogen-bond donors (Lipinski definition) is 1. The van der Waals surface area contributed by atoms with Gasteiger partial charge >= 0.3 is 5.69 Å². The fourth-order valence-corrected chi connectivity index (χ4v) is 3.10. The zero-order valence-corrected chi connectivity index (χ0v) is 11.9. The molecule has 2 heterocycles. The summed E-state index contributed by atoms with van der Waals surface area (Å²) in [7, 11) is 0. The zero-order chi connectivity index (χ0) is 14.8. The highest BCUT2D eigenvalue weighted by Gasteiger charge is 2.18. The summed E-state index contributed by atoms with van der Waals surface area (Å²) in [5.74, 6) is -0.832. The highest BCUT2D eigenvalue weighted by Crippen LogP contribution is 2.30. The van der Waals surface area contributed by atoms with Crippen molar-refractivity contribution in [2.24, 2.45) is 0 Å². The number of aromatic nitrogens is 1. The van der Waals surface area contributed by atoms with Gasteiger partial charge in [-0.25, -0.2) is 4.98 Å². The van der Waals surface area contributed by atoms with Crippen molar-refractivity contribution in [3.05, 3.63) is 39.5 Å². The van der Waals surface area contributed by atoms with E-state index in [4.69, 9.17) is 0 Å². The molecule has 1 aliphatic rings. The molecule has 21 heavy (non-hydrogen) atoms. The highest BCUT2D eigenvalue weighted by molar-refractivity contribution is 7.14. The Morgan fingerprint density at radius 2 is 2.14 bits per heavy atom. The predicted octanol–water partition coefficient (Wildman–Crippen LogP) is 2.27. The highest BCUT2D eigenvalue weighted by atomic mass is 32.1. The van der Waals surface area contributed by atoms with E-state index in [9.17, 15) is 14.5 Å². The van der Waals surface area contributed by atoms with Crippen LogP contribution in [0.5, 0.6) is 0 Å². The standard InChI is InChI=1S/C13H13FN4O2S/c14-10-2-1-9(7-12(10)18(19)20)11-8-21-13(16-11)17-5-3-15-4-6-17/h1-2,7-8,15H,3-6H2. The fraction of sp³-hybridized carbons (Fsp3) is 0.308. The van der Waals surface area contributed by atoms with Crippen LogP contribution in [-0.2, 0) is 0 Å². The molecule has 0 spiro atoms. The minimum atomic E-state index is -0.832. The van der Waals surface area contributed by atoms with Gasteiger partial charge in [0, 0.05) is 43.2 Å². The maximum absolute atomic E-state index is 13.4. The first-order valence-corrected chi connectivity index (χ1v) is 7.38. The quantitative estimate of drug-likeness (QED) is 0.695. The Bertz CT molecular complexity index is 670. The van der Waals surface area contributed by atoms with E-state index >= 15 is 0 Å². The number of thiazole rings is 1. The number of nitro groups is 1. The third kappa shape index (κ3) is 2.86. The fourth-order valence-electron chi connectivity index (χ4n) is 2.21. The summed E-state index contributed by atoms with van der Waals surface area (Å²) in [4.78, 5) is 16.7. The van der Waals surface area contributed by atoms with Crippen LogP contribution in [0.4, 0.5) is 15.2 Å². The summed E-state index contributed by atoms with van der Waals surface area (Å²) in [6.07, 6.45) is 0. The van der Waals surface area contributed by atoms with E-state index in [0.29, 0.717) is 11.3 Å². The van der Waals surface area contributed by atoms with Gasteiger partial charge in [-0.05, 0) is 12.1 Å². The second kappa shape index (κ2) is 5.74. The molecule has 2 aromatic rings. The van der Waals surface area contributed by atoms with Crippen molar-refractivity contribution in [1.29, 1.82) is 0 Å². The maximum atomic E-state index is 13.4. The number of nitro benzene ring substituents is 1. The molecule has 6 nitrogen and oxygen atoms in total. The van der Waals surface area contributed by atoms with Crippen molar-refractivity contribution in [3.8, 4) is 11.3 Å². The van der Waals surface area contributed by atoms with Gasteiger partial charge in [-0.1, -0.05) is 0 Å². The summed E-state index contributed by atoms with van der Waals surface area (Å²) in [6, 6.07) is 3.85. The third-order valence-electron chi connectivity index (χ3n) is 3.32. The summed E-state index contributed by atoms with van der Waals surface area (Å²) in [5, 5.41) is 16.8. The molecule has 0 bridgehead atoms. The lowest BCUT2D eigenvalue weighted by Crippen LogP contribution is -2.43. The molecule has 1 aliphatic heterocycles. The molecule has 0 unspecified atom stereocenters. The van der Waals surface area contributed by atoms with Crippen molar-refractivity contribution in [3.63, 3.8) is 0 Å². The first-order valence-electron chi connectivity index (χ1n) is 6.50. The molecule has 1 aromatic carbocycles. The smallest absolute Gasteiger partial charge is 0.305 e. The lowest BCUT2D eigenvalue weighted by Gasteiger charge is -2.26. The second-order valence-corrected chi connectivity index (χ2v) is 5.51. The van der Waals surface area contributed by atoms with E-state index in [1.165, 1.54) is 23.5 Å². The molecule has 1 saturated heterocycles. The molecule has 110 valence electrons. The molecule has 3 rings (SSSR count). The zero-order valence-electron chi connectivity index (χ0n) is 11.1. The summed E-state index contributed by atoms with van der Waals surface area (Å²) >= 11 is 1.49. The van der Waals surface area contributed by atoms with Crippen LogP contribution in [-0.4, -0.2) is 36.1 Å². The molecule has 1 aromatic heterocycles. The van der Waals surface area contributed by atoms with Crippen LogP contribution in [0, 0.1) is 15.9 Å². The Labute approximate surface area is 124 Å². The Balaban J connectivity index is 1.89. The molecule has 1 fully saturated rings. The molecule has 8 heteroatoms. The normalized spacial score (nSPS) is 15.2. The maximum Gasteiger partial charge on any atom is 0.305 e. The summed E-state index contributed by atoms with van der Waals surface area (Å²) in [5.41, 5.74) is 0.668. The topological polar surface area (TPSA) is 71.3 Å². The monoisotopic (exact) mass is 308 g/mol. The Hall–Kier alpha value is -2.06. The van der Waals surface area contributed by atoms with E-state index in [2.05, 4.69) is 15.2 Å². The molecule has 0 aliphatic carbocycles. The number of anilines is 1. The van der Waals surface area contributed by atoms with Crippen LogP contribution in [0.1, 0.15) is 0 Å². The Morgan fingerprint density at radius 3 is 2.86 bits per heavy atom. The van der Waals surface area contributed by atoms with Crippen LogP contribution < -0.4 is 10.2 Å². The van der Waals surface area contributed by atoms with Crippen LogP contribution in [0.15, 0.2) is 23.6 Å². The van der Waals surface area contributed by atoms with Crippen LogP contribution in [0.2, 0.25) is 0 Å². The van der Waals surface area contributed by atoms with E-state index in [-0.39, 0.29) is 0 Å². The first kappa shape index (κ1) is 13.9. The Kier molecular flexibility index (Phi) is 3.80. The molecular formula is C13H13FN4O2S. The van der Waals surface area contributed by atoms with Crippen molar-refractivity contribution < 1.29 is 9.31 Å². The van der Waals surface area contributed by atoms with Crippen LogP contribution in [0.3, 0.4) is 0 Å². The molecular weight excluding hydrogens is 295 g/mol. The average Bonchev–Trinajstić information content (AvgIpc) is 2.98. The minimum absolute atomic E-state index is 0.524. The Morgan fingerprint density at radius 1 is 1.38 bits per heavy atom. The van der Waals surface area contributed by atoms with Gasteiger partial charge in [0.25, 0.3) is 0 Å². The number of piperazine rings is 1. The number of halogens is 1. The largest absolute Gasteiger partial charge is 0.346 e. The van der Waals surface area contributed by atoms with Gasteiger partial charge in [-0.2, -0.15) is 4.39 Å². The molecule has 0 atom stereocenters. The number of benzene rings is 1. The summed E-state index contributed by atoms with van der Waals surface area (Å²) in [6.45, 7) is 3.60. The number of nitrogens with zero attached hydrogens (tertiary/aromatic N) is 3. The first-order chi connectivity index (χ1) is 10.1. The molecule has 0 amide bonds. The second-order valence-electron chi connectivity index (χ2n) is 4.68. The van der Waals surface area contributed by atoms with Gasteiger partial charge in [-0.3, -0.25) is 10.1 Å². The van der Waals surface area contributed by atoms with Crippen molar-refractivity contribution in [2.75, 3.05) is 31.1 Å². The number of rotatable bonds is 3. The van der Waals surface area contributed by atoms with Crippen LogP contribution in [0.25, 0.3) is 11.3 Å². The number of hydrogen-bond acceptors (Lipinski definition) is 6. The summed E-state index contributed by atoms with van der Waals surface area (Å²) < 4.78 is 13.4. The van der Waals surface area contributed by atoms with Crippen molar-refractivity contribution >= 4 is 22.2 Å². The van der Waals surface area contributed by atoms with Gasteiger partial charge in [0.2, 0.25) is 5.82 Å². The van der Waals surface area contributed by atoms with Crippen molar-refractivity contribution in [1.82, 2.24) is 10.3 Å². The SMILES string of the molecule is O=[N+]([O-])c1cc(-c2csc(N3CCNCC3)n2)ccc1F. The van der Waals surface area contributed by atoms with E-state index in [0.717, 1.165) is 37.4 Å². The van der Waals surface area contributed by atoms with Crippen LogP contribution >= 0.6 is 11.3 Å². The van der Waals surface area contributed by atoms with Gasteiger partial charge in [0.05, 0.1) is 10.6 Å². The average molecular weight is 308 g/mol. The molecule has 0 saturated carbocycles. The van der Waals surface area contributed by atoms with Gasteiger partial charge in [-0.15, -0.1) is 11.3 Å².